The van der Waals surface area contributed by atoms with Crippen molar-refractivity contribution >= 4 is 23.6 Å². The molecule has 0 radical (unpaired) electrons. The summed E-state index contributed by atoms with van der Waals surface area (Å²) in [5, 5.41) is 17.7. The van der Waals surface area contributed by atoms with Crippen LogP contribution in [-0.2, 0) is 15.1 Å². The Hall–Kier alpha value is -2.94. The second kappa shape index (κ2) is 9.84. The van der Waals surface area contributed by atoms with Crippen molar-refractivity contribution in [3.05, 3.63) is 81.8 Å². The highest BCUT2D eigenvalue weighted by Crippen LogP contribution is 2.46. The Balaban J connectivity index is 1.45. The van der Waals surface area contributed by atoms with E-state index in [2.05, 4.69) is 15.5 Å². The maximum atomic E-state index is 13.5. The highest BCUT2D eigenvalue weighted by atomic mass is 35.5. The smallest absolute Gasteiger partial charge is 0.338 e. The quantitative estimate of drug-likeness (QED) is 0.504. The van der Waals surface area contributed by atoms with E-state index in [1.807, 2.05) is 0 Å². The fourth-order valence-corrected chi connectivity index (χ4v) is 5.98. The molecular weight excluding hydrogens is 485 g/mol. The number of hydrogen-bond donors (Lipinski definition) is 3. The van der Waals surface area contributed by atoms with E-state index in [9.17, 15) is 19.1 Å². The predicted octanol–water partition coefficient (Wildman–Crippen LogP) is 4.16. The van der Waals surface area contributed by atoms with Gasteiger partial charge in [0.05, 0.1) is 23.8 Å². The molecule has 3 aliphatic heterocycles. The van der Waals surface area contributed by atoms with E-state index < -0.39 is 23.6 Å². The first-order chi connectivity index (χ1) is 17.3. The first-order valence-corrected chi connectivity index (χ1v) is 12.6. The number of benzene rings is 2. The number of nitrogens with one attached hydrogen (secondary N) is 2. The zero-order valence-electron chi connectivity index (χ0n) is 20.0. The number of carbonyl (C=O) groups excluding carboxylic acids is 2. The van der Waals surface area contributed by atoms with Crippen molar-refractivity contribution in [1.82, 2.24) is 15.5 Å². The molecule has 3 atom stereocenters. The number of fused-ring (bicyclic) bond motifs is 2. The number of urea groups is 1. The molecule has 36 heavy (non-hydrogen) atoms. The molecule has 3 aliphatic rings. The van der Waals surface area contributed by atoms with Gasteiger partial charge in [-0.3, -0.25) is 4.90 Å². The van der Waals surface area contributed by atoms with Crippen molar-refractivity contribution in [1.29, 1.82) is 0 Å². The molecule has 0 saturated carbocycles. The summed E-state index contributed by atoms with van der Waals surface area (Å²) >= 11 is 6.05. The zero-order valence-corrected chi connectivity index (χ0v) is 20.7. The third kappa shape index (κ3) is 4.73. The molecule has 2 fully saturated rings. The monoisotopic (exact) mass is 513 g/mol. The van der Waals surface area contributed by atoms with Crippen molar-refractivity contribution in [2.45, 2.75) is 56.3 Å². The molecule has 2 bridgehead atoms. The number of halogens is 2. The van der Waals surface area contributed by atoms with Crippen LogP contribution in [0.4, 0.5) is 9.18 Å². The first kappa shape index (κ1) is 24.7. The van der Waals surface area contributed by atoms with E-state index in [1.165, 1.54) is 12.1 Å². The van der Waals surface area contributed by atoms with Gasteiger partial charge >= 0.3 is 12.0 Å². The van der Waals surface area contributed by atoms with E-state index in [0.29, 0.717) is 41.2 Å². The van der Waals surface area contributed by atoms with Crippen molar-refractivity contribution in [2.75, 3.05) is 13.2 Å². The molecule has 2 aromatic carbocycles. The van der Waals surface area contributed by atoms with Crippen LogP contribution in [0.25, 0.3) is 0 Å². The van der Waals surface area contributed by atoms with Gasteiger partial charge in [0.15, 0.2) is 0 Å². The van der Waals surface area contributed by atoms with E-state index in [1.54, 1.807) is 43.3 Å². The number of rotatable bonds is 6. The largest absolute Gasteiger partial charge is 0.463 e. The third-order valence-corrected chi connectivity index (χ3v) is 7.74. The Labute approximate surface area is 214 Å². The zero-order chi connectivity index (χ0) is 25.4. The molecule has 0 spiro atoms. The summed E-state index contributed by atoms with van der Waals surface area (Å²) in [5.41, 5.74) is 1.25. The van der Waals surface area contributed by atoms with Gasteiger partial charge in [0, 0.05) is 29.3 Å². The Morgan fingerprint density at radius 1 is 1.14 bits per heavy atom. The molecule has 3 N–H and O–H groups in total. The number of piperidine rings is 1. The van der Waals surface area contributed by atoms with Crippen LogP contribution in [0, 0.1) is 5.82 Å². The Kier molecular flexibility index (Phi) is 6.76. The minimum atomic E-state index is -1.04. The first-order valence-electron chi connectivity index (χ1n) is 12.2. The molecule has 0 aromatic heterocycles. The van der Waals surface area contributed by atoms with E-state index in [0.717, 1.165) is 18.4 Å². The molecule has 9 heteroatoms. The average Bonchev–Trinajstić information content (AvgIpc) is 3.08. The maximum absolute atomic E-state index is 13.5. The van der Waals surface area contributed by atoms with E-state index in [-0.39, 0.29) is 24.5 Å². The molecule has 3 unspecified atom stereocenters. The van der Waals surface area contributed by atoms with Gasteiger partial charge in [-0.15, -0.1) is 0 Å². The summed E-state index contributed by atoms with van der Waals surface area (Å²) in [6.45, 7) is 2.29. The van der Waals surface area contributed by atoms with Crippen LogP contribution in [0.15, 0.2) is 59.8 Å². The van der Waals surface area contributed by atoms with Gasteiger partial charge in [0.25, 0.3) is 0 Å². The van der Waals surface area contributed by atoms with Crippen molar-refractivity contribution in [2.24, 2.45) is 0 Å². The molecule has 2 aromatic rings. The SMILES string of the molecule is CCOC(=O)C1=C(CN2C3CCC2CC(O)(c2ccc(F)cc2)C3)NC(=O)NC1c1ccc(Cl)cc1. The van der Waals surface area contributed by atoms with Gasteiger partial charge in [0.1, 0.15) is 5.82 Å². The van der Waals surface area contributed by atoms with Crippen molar-refractivity contribution < 1.29 is 23.8 Å². The molecule has 190 valence electrons. The topological polar surface area (TPSA) is 90.9 Å². The second-order valence-corrected chi connectivity index (χ2v) is 10.1. The van der Waals surface area contributed by atoms with Gasteiger partial charge in [-0.1, -0.05) is 35.9 Å². The van der Waals surface area contributed by atoms with Crippen LogP contribution >= 0.6 is 11.6 Å². The summed E-state index contributed by atoms with van der Waals surface area (Å²) in [5.74, 6) is -0.829. The van der Waals surface area contributed by atoms with E-state index in [4.69, 9.17) is 16.3 Å². The fraction of sp³-hybridized carbons (Fsp3) is 0.407. The molecule has 7 nitrogen and oxygen atoms in total. The standard InChI is InChI=1S/C27H29ClFN3O4/c1-2-36-25(33)23-22(30-26(34)31-24(23)16-3-7-18(28)8-4-16)15-32-20-11-12-21(32)14-27(35,13-20)17-5-9-19(29)10-6-17/h3-10,20-21,24,35H,2,11-15H2,1H3,(H2,30,31,34). The van der Waals surface area contributed by atoms with Gasteiger partial charge in [-0.25, -0.2) is 14.0 Å². The summed E-state index contributed by atoms with van der Waals surface area (Å²) in [6.07, 6.45) is 2.76. The normalized spacial score (nSPS) is 28.0. The number of aliphatic hydroxyl groups is 1. The summed E-state index contributed by atoms with van der Waals surface area (Å²) < 4.78 is 18.8. The second-order valence-electron chi connectivity index (χ2n) is 9.70. The van der Waals surface area contributed by atoms with Crippen LogP contribution < -0.4 is 10.6 Å². The number of hydrogen-bond acceptors (Lipinski definition) is 5. The minimum Gasteiger partial charge on any atom is -0.463 e. The number of esters is 1. The molecule has 0 aliphatic carbocycles. The van der Waals surface area contributed by atoms with Gasteiger partial charge in [0.2, 0.25) is 0 Å². The Morgan fingerprint density at radius 2 is 1.78 bits per heavy atom. The molecule has 3 heterocycles. The lowest BCUT2D eigenvalue weighted by Crippen LogP contribution is -2.53. The Bertz CT molecular complexity index is 1170. The fourth-order valence-electron chi connectivity index (χ4n) is 5.85. The lowest BCUT2D eigenvalue weighted by molar-refractivity contribution is -0.139. The number of ether oxygens (including phenoxy) is 1. The lowest BCUT2D eigenvalue weighted by Gasteiger charge is -2.45. The third-order valence-electron chi connectivity index (χ3n) is 7.49. The number of carbonyl (C=O) groups is 2. The van der Waals surface area contributed by atoms with Crippen molar-refractivity contribution in [3.63, 3.8) is 0 Å². The van der Waals surface area contributed by atoms with Crippen LogP contribution in [0.1, 0.15) is 49.8 Å². The lowest BCUT2D eigenvalue weighted by atomic mass is 9.80. The van der Waals surface area contributed by atoms with Gasteiger partial charge in [-0.2, -0.15) is 0 Å². The highest BCUT2D eigenvalue weighted by Gasteiger charge is 2.49. The van der Waals surface area contributed by atoms with Crippen LogP contribution in [-0.4, -0.2) is 47.2 Å². The minimum absolute atomic E-state index is 0.0514. The van der Waals surface area contributed by atoms with Crippen LogP contribution in [0.3, 0.4) is 0 Å². The van der Waals surface area contributed by atoms with Crippen LogP contribution in [0.2, 0.25) is 5.02 Å². The highest BCUT2D eigenvalue weighted by molar-refractivity contribution is 6.30. The van der Waals surface area contributed by atoms with Gasteiger partial charge < -0.3 is 20.5 Å². The van der Waals surface area contributed by atoms with Crippen molar-refractivity contribution in [3.8, 4) is 0 Å². The average molecular weight is 514 g/mol. The maximum Gasteiger partial charge on any atom is 0.338 e. The Morgan fingerprint density at radius 3 is 2.39 bits per heavy atom. The summed E-state index contributed by atoms with van der Waals surface area (Å²) in [7, 11) is 0. The van der Waals surface area contributed by atoms with Crippen LogP contribution in [0.5, 0.6) is 0 Å². The molecule has 2 amide bonds. The molecule has 5 rings (SSSR count). The molecule has 2 saturated heterocycles. The van der Waals surface area contributed by atoms with Gasteiger partial charge in [-0.05, 0) is 68.0 Å². The number of nitrogens with zero attached hydrogens (tertiary/aromatic N) is 1. The summed E-state index contributed by atoms with van der Waals surface area (Å²) in [4.78, 5) is 28.0. The summed E-state index contributed by atoms with van der Waals surface area (Å²) in [6, 6.07) is 12.1. The number of amides is 2. The predicted molar refractivity (Wildman–Crippen MR) is 133 cm³/mol. The molecular formula is C27H29ClFN3O4. The van der Waals surface area contributed by atoms with E-state index >= 15 is 0 Å².